The van der Waals surface area contributed by atoms with Crippen LogP contribution in [0.15, 0.2) is 66.0 Å². The van der Waals surface area contributed by atoms with Crippen LogP contribution < -0.4 is 21.5 Å². The summed E-state index contributed by atoms with van der Waals surface area (Å²) < 4.78 is 5.75. The number of rotatable bonds is 7. The molecule has 0 saturated carbocycles. The van der Waals surface area contributed by atoms with Crippen LogP contribution in [0.5, 0.6) is 11.5 Å². The van der Waals surface area contributed by atoms with Gasteiger partial charge in [-0.3, -0.25) is 10.2 Å². The zero-order valence-electron chi connectivity index (χ0n) is 16.5. The van der Waals surface area contributed by atoms with Gasteiger partial charge in [-0.2, -0.15) is 5.26 Å². The first-order valence-electron chi connectivity index (χ1n) is 9.61. The van der Waals surface area contributed by atoms with E-state index in [1.54, 1.807) is 29.2 Å². The normalized spacial score (nSPS) is 15.0. The minimum atomic E-state index is -0.774. The number of likely N-dealkylation sites (tertiary alicyclic amines) is 1. The highest BCUT2D eigenvalue weighted by Gasteiger charge is 2.22. The second-order valence-electron chi connectivity index (χ2n) is 6.97. The Bertz CT molecular complexity index is 971. The third-order valence-electron chi connectivity index (χ3n) is 4.88. The second-order valence-corrected chi connectivity index (χ2v) is 6.97. The Kier molecular flexibility index (Phi) is 6.55. The highest BCUT2D eigenvalue weighted by atomic mass is 16.5. The molecule has 154 valence electrons. The number of carbonyl (C=O) groups is 1. The number of piperidine rings is 1. The predicted octanol–water partition coefficient (Wildman–Crippen LogP) is 2.04. The monoisotopic (exact) mass is 404 g/mol. The van der Waals surface area contributed by atoms with E-state index in [9.17, 15) is 4.79 Å². The number of nitrogens with two attached hydrogens (primary N) is 2. The predicted molar refractivity (Wildman–Crippen MR) is 114 cm³/mol. The summed E-state index contributed by atoms with van der Waals surface area (Å²) in [7, 11) is 0. The van der Waals surface area contributed by atoms with Gasteiger partial charge in [-0.15, -0.1) is 0 Å². The van der Waals surface area contributed by atoms with E-state index in [-0.39, 0.29) is 23.1 Å². The summed E-state index contributed by atoms with van der Waals surface area (Å²) in [5, 5.41) is 20.5. The van der Waals surface area contributed by atoms with Crippen molar-refractivity contribution in [3.63, 3.8) is 0 Å². The van der Waals surface area contributed by atoms with Gasteiger partial charge in [0, 0.05) is 24.7 Å². The number of nitriles is 1. The van der Waals surface area contributed by atoms with Gasteiger partial charge in [0.2, 0.25) is 0 Å². The van der Waals surface area contributed by atoms with Crippen molar-refractivity contribution in [1.29, 1.82) is 10.7 Å². The van der Waals surface area contributed by atoms with Crippen LogP contribution in [0.4, 0.5) is 0 Å². The molecule has 1 aliphatic heterocycles. The number of primary amides is 1. The highest BCUT2D eigenvalue weighted by Crippen LogP contribution is 2.22. The molecule has 1 aliphatic rings. The van der Waals surface area contributed by atoms with Gasteiger partial charge in [-0.25, -0.2) is 0 Å². The fraction of sp³-hybridized carbons (Fsp3) is 0.227. The van der Waals surface area contributed by atoms with E-state index in [4.69, 9.17) is 26.9 Å². The Morgan fingerprint density at radius 1 is 1.07 bits per heavy atom. The zero-order valence-corrected chi connectivity index (χ0v) is 16.5. The van der Waals surface area contributed by atoms with Crippen LogP contribution >= 0.6 is 0 Å². The Labute approximate surface area is 175 Å². The van der Waals surface area contributed by atoms with Gasteiger partial charge in [-0.05, 0) is 49.2 Å². The van der Waals surface area contributed by atoms with Crippen LogP contribution in [0.3, 0.4) is 0 Å². The molecular weight excluding hydrogens is 380 g/mol. The van der Waals surface area contributed by atoms with Crippen molar-refractivity contribution in [3.05, 3.63) is 71.6 Å². The molecule has 6 N–H and O–H groups in total. The van der Waals surface area contributed by atoms with Crippen LogP contribution in [0.1, 0.15) is 18.4 Å². The summed E-state index contributed by atoms with van der Waals surface area (Å²) >= 11 is 0. The van der Waals surface area contributed by atoms with Crippen molar-refractivity contribution in [2.45, 2.75) is 18.9 Å². The van der Waals surface area contributed by atoms with Gasteiger partial charge in [0.05, 0.1) is 5.71 Å². The summed E-state index contributed by atoms with van der Waals surface area (Å²) in [5.74, 6) is 0.614. The molecule has 0 aliphatic carbocycles. The van der Waals surface area contributed by atoms with Crippen molar-refractivity contribution < 1.29 is 9.53 Å². The lowest BCUT2D eigenvalue weighted by Crippen LogP contribution is -2.43. The van der Waals surface area contributed by atoms with Crippen LogP contribution in [0.25, 0.3) is 0 Å². The molecule has 8 heteroatoms. The van der Waals surface area contributed by atoms with Crippen LogP contribution in [-0.2, 0) is 4.79 Å². The second kappa shape index (κ2) is 9.47. The molecule has 1 fully saturated rings. The molecule has 0 bridgehead atoms. The molecule has 8 nitrogen and oxygen atoms in total. The standard InChI is InChI=1S/C22H24N6O2/c23-14-28-12-10-16(11-13-28)27-21(25)19(22(26)29)20(24)15-6-8-18(9-7-15)30-17-4-2-1-3-5-17/h1-9,16,24,27H,10-13,25H2,(H2,26,29)/b21-19+,24-20?. The Morgan fingerprint density at radius 2 is 1.67 bits per heavy atom. The summed E-state index contributed by atoms with van der Waals surface area (Å²) in [6, 6.07) is 16.2. The Morgan fingerprint density at radius 3 is 2.23 bits per heavy atom. The highest BCUT2D eigenvalue weighted by molar-refractivity contribution is 6.26. The summed E-state index contributed by atoms with van der Waals surface area (Å²) in [6.07, 6.45) is 3.54. The minimum Gasteiger partial charge on any atom is -0.457 e. The molecule has 0 radical (unpaired) electrons. The van der Waals surface area contributed by atoms with Crippen LogP contribution in [0, 0.1) is 16.9 Å². The fourth-order valence-electron chi connectivity index (χ4n) is 3.27. The summed E-state index contributed by atoms with van der Waals surface area (Å²) in [6.45, 7) is 1.24. The Hall–Kier alpha value is -3.99. The first kappa shape index (κ1) is 20.7. The van der Waals surface area contributed by atoms with Gasteiger partial charge in [0.25, 0.3) is 5.91 Å². The lowest BCUT2D eigenvalue weighted by Gasteiger charge is -2.29. The first-order valence-corrected chi connectivity index (χ1v) is 9.61. The van der Waals surface area contributed by atoms with Crippen LogP contribution in [0.2, 0.25) is 0 Å². The maximum Gasteiger partial charge on any atom is 0.254 e. The van der Waals surface area contributed by atoms with Gasteiger partial charge in [0.1, 0.15) is 22.9 Å². The SMILES string of the molecule is N#CN1CCC(N/C(N)=C(\C(=N)c2ccc(Oc3ccccc3)cc2)C(N)=O)CC1. The molecule has 0 aromatic heterocycles. The molecule has 2 aromatic carbocycles. The zero-order chi connectivity index (χ0) is 21.5. The molecule has 1 saturated heterocycles. The van der Waals surface area contributed by atoms with Gasteiger partial charge in [0.15, 0.2) is 6.19 Å². The van der Waals surface area contributed by atoms with Crippen molar-refractivity contribution in [1.82, 2.24) is 10.2 Å². The average molecular weight is 404 g/mol. The maximum absolute atomic E-state index is 12.0. The fourth-order valence-corrected chi connectivity index (χ4v) is 3.27. The number of nitrogens with zero attached hydrogens (tertiary/aromatic N) is 2. The molecule has 2 aromatic rings. The first-order chi connectivity index (χ1) is 14.5. The lowest BCUT2D eigenvalue weighted by molar-refractivity contribution is -0.114. The number of nitrogens with one attached hydrogen (secondary N) is 2. The third-order valence-corrected chi connectivity index (χ3v) is 4.88. The molecular formula is C22H24N6O2. The van der Waals surface area contributed by atoms with Crippen molar-refractivity contribution in [3.8, 4) is 17.7 Å². The van der Waals surface area contributed by atoms with E-state index in [2.05, 4.69) is 11.5 Å². The van der Waals surface area contributed by atoms with Crippen molar-refractivity contribution >= 4 is 11.6 Å². The maximum atomic E-state index is 12.0. The number of amides is 1. The minimum absolute atomic E-state index is 0.0124. The molecule has 1 amide bonds. The van der Waals surface area contributed by atoms with E-state index in [1.807, 2.05) is 30.3 Å². The number of para-hydroxylation sites is 1. The molecule has 1 heterocycles. The average Bonchev–Trinajstić information content (AvgIpc) is 2.75. The van der Waals surface area contributed by atoms with Gasteiger partial charge < -0.3 is 26.4 Å². The molecule has 0 atom stereocenters. The topological polar surface area (TPSA) is 141 Å². The van der Waals surface area contributed by atoms with Crippen LogP contribution in [-0.4, -0.2) is 35.7 Å². The lowest BCUT2D eigenvalue weighted by atomic mass is 10.0. The number of hydrogen-bond donors (Lipinski definition) is 4. The largest absolute Gasteiger partial charge is 0.457 e. The number of ether oxygens (including phenoxy) is 1. The van der Waals surface area contributed by atoms with E-state index in [0.29, 0.717) is 43.0 Å². The molecule has 0 unspecified atom stereocenters. The van der Waals surface area contributed by atoms with E-state index in [0.717, 1.165) is 0 Å². The summed E-state index contributed by atoms with van der Waals surface area (Å²) in [4.78, 5) is 13.7. The van der Waals surface area contributed by atoms with E-state index >= 15 is 0 Å². The van der Waals surface area contributed by atoms with Gasteiger partial charge >= 0.3 is 0 Å². The molecule has 30 heavy (non-hydrogen) atoms. The number of carbonyl (C=O) groups excluding carboxylic acids is 1. The molecule has 3 rings (SSSR count). The Balaban J connectivity index is 1.72. The quantitative estimate of drug-likeness (QED) is 0.316. The summed E-state index contributed by atoms with van der Waals surface area (Å²) in [5.41, 5.74) is 12.0. The van der Waals surface area contributed by atoms with Gasteiger partial charge in [-0.1, -0.05) is 18.2 Å². The van der Waals surface area contributed by atoms with E-state index in [1.165, 1.54) is 0 Å². The smallest absolute Gasteiger partial charge is 0.254 e. The number of benzene rings is 2. The number of hydrogen-bond acceptors (Lipinski definition) is 7. The molecule has 0 spiro atoms. The van der Waals surface area contributed by atoms with Crippen molar-refractivity contribution in [2.24, 2.45) is 11.5 Å². The van der Waals surface area contributed by atoms with Crippen molar-refractivity contribution in [2.75, 3.05) is 13.1 Å². The van der Waals surface area contributed by atoms with E-state index < -0.39 is 5.91 Å². The third kappa shape index (κ3) is 5.08.